The Bertz CT molecular complexity index is 977. The van der Waals surface area contributed by atoms with Gasteiger partial charge in [0.05, 0.1) is 17.1 Å². The van der Waals surface area contributed by atoms with Crippen LogP contribution in [0, 0.1) is 0 Å². The van der Waals surface area contributed by atoms with Crippen LogP contribution in [0.4, 0.5) is 0 Å². The summed E-state index contributed by atoms with van der Waals surface area (Å²) in [4.78, 5) is 28.3. The molecule has 2 heterocycles. The minimum Gasteiger partial charge on any atom is -0.470 e. The van der Waals surface area contributed by atoms with E-state index in [-0.39, 0.29) is 48.4 Å². The molecule has 2 aromatic rings. The van der Waals surface area contributed by atoms with Crippen molar-refractivity contribution in [1.82, 2.24) is 15.6 Å². The Kier molecular flexibility index (Phi) is 7.04. The van der Waals surface area contributed by atoms with Gasteiger partial charge in [-0.1, -0.05) is 30.3 Å². The average Bonchev–Trinajstić information content (AvgIpc) is 3.07. The smallest absolute Gasteiger partial charge is 0.252 e. The summed E-state index contributed by atoms with van der Waals surface area (Å²) in [7, 11) is -3.04. The van der Waals surface area contributed by atoms with Gasteiger partial charge in [-0.05, 0) is 25.0 Å². The molecule has 0 saturated carbocycles. The molecule has 0 unspecified atom stereocenters. The van der Waals surface area contributed by atoms with E-state index >= 15 is 0 Å². The zero-order valence-electron chi connectivity index (χ0n) is 16.7. The fraction of sp³-hybridized carbons (Fsp3) is 0.381. The average molecular weight is 432 g/mol. The Balaban J connectivity index is 1.42. The maximum Gasteiger partial charge on any atom is 0.252 e. The topological polar surface area (TPSA) is 114 Å². The molecule has 1 aromatic heterocycles. The highest BCUT2D eigenvalue weighted by molar-refractivity contribution is 7.91. The quantitative estimate of drug-likeness (QED) is 0.657. The Morgan fingerprint density at radius 2 is 1.97 bits per heavy atom. The maximum absolute atomic E-state index is 12.2. The van der Waals surface area contributed by atoms with E-state index in [1.807, 2.05) is 37.3 Å². The van der Waals surface area contributed by atoms with E-state index in [1.165, 1.54) is 6.20 Å². The van der Waals surface area contributed by atoms with Crippen LogP contribution in [0.5, 0.6) is 5.88 Å². The maximum atomic E-state index is 12.2. The van der Waals surface area contributed by atoms with Gasteiger partial charge in [-0.3, -0.25) is 9.59 Å². The molecule has 2 amide bonds. The van der Waals surface area contributed by atoms with Crippen molar-refractivity contribution in [1.29, 1.82) is 0 Å². The molecule has 1 saturated heterocycles. The molecular weight excluding hydrogens is 406 g/mol. The Morgan fingerprint density at radius 1 is 1.20 bits per heavy atom. The van der Waals surface area contributed by atoms with E-state index in [2.05, 4.69) is 15.6 Å². The van der Waals surface area contributed by atoms with Crippen molar-refractivity contribution in [2.24, 2.45) is 0 Å². The first-order chi connectivity index (χ1) is 14.3. The molecule has 9 heteroatoms. The lowest BCUT2D eigenvalue weighted by Gasteiger charge is -2.14. The summed E-state index contributed by atoms with van der Waals surface area (Å²) in [6, 6.07) is 12.6. The highest BCUT2D eigenvalue weighted by Crippen LogP contribution is 2.19. The molecule has 1 aliphatic heterocycles. The van der Waals surface area contributed by atoms with Crippen molar-refractivity contribution >= 4 is 21.7 Å². The van der Waals surface area contributed by atoms with E-state index in [9.17, 15) is 18.0 Å². The van der Waals surface area contributed by atoms with Gasteiger partial charge in [0.1, 0.15) is 6.10 Å². The largest absolute Gasteiger partial charge is 0.470 e. The summed E-state index contributed by atoms with van der Waals surface area (Å²) in [5.74, 6) is -0.135. The van der Waals surface area contributed by atoms with E-state index in [0.717, 1.165) is 5.56 Å². The summed E-state index contributed by atoms with van der Waals surface area (Å²) in [5.41, 5.74) is 1.38. The summed E-state index contributed by atoms with van der Waals surface area (Å²) < 4.78 is 28.6. The number of rotatable bonds is 8. The minimum absolute atomic E-state index is 0.0198. The number of benzene rings is 1. The van der Waals surface area contributed by atoms with Crippen molar-refractivity contribution in [2.75, 3.05) is 18.1 Å². The van der Waals surface area contributed by atoms with Crippen LogP contribution in [0.3, 0.4) is 0 Å². The van der Waals surface area contributed by atoms with Crippen LogP contribution in [0.2, 0.25) is 0 Å². The second kappa shape index (κ2) is 9.71. The highest BCUT2D eigenvalue weighted by Gasteiger charge is 2.28. The lowest BCUT2D eigenvalue weighted by molar-refractivity contribution is -0.121. The number of hydrogen-bond acceptors (Lipinski definition) is 6. The molecule has 160 valence electrons. The van der Waals surface area contributed by atoms with Crippen molar-refractivity contribution < 1.29 is 22.7 Å². The van der Waals surface area contributed by atoms with Crippen molar-refractivity contribution in [3.05, 3.63) is 59.8 Å². The SMILES string of the molecule is C[C@H](Oc1ccc(C(=O)NCCC(=O)N[C@H]2CCS(=O)(=O)C2)cn1)c1ccccc1. The zero-order valence-corrected chi connectivity index (χ0v) is 17.5. The second-order valence-electron chi connectivity index (χ2n) is 7.23. The first kappa shape index (κ1) is 21.8. The van der Waals surface area contributed by atoms with Gasteiger partial charge < -0.3 is 15.4 Å². The third-order valence-corrected chi connectivity index (χ3v) is 6.57. The lowest BCUT2D eigenvalue weighted by Crippen LogP contribution is -2.37. The molecule has 2 atom stereocenters. The summed E-state index contributed by atoms with van der Waals surface area (Å²) in [6.45, 7) is 2.07. The van der Waals surface area contributed by atoms with Crippen LogP contribution >= 0.6 is 0 Å². The standard InChI is InChI=1S/C21H25N3O5S/c1-15(16-5-3-2-4-6-16)29-20-8-7-17(13-23-20)21(26)22-11-9-19(25)24-18-10-12-30(27,28)14-18/h2-8,13,15,18H,9-12,14H2,1H3,(H,22,26)(H,24,25)/t15-,18-/m0/s1. The van der Waals surface area contributed by atoms with Crippen LogP contribution in [0.15, 0.2) is 48.7 Å². The predicted molar refractivity (Wildman–Crippen MR) is 112 cm³/mol. The van der Waals surface area contributed by atoms with Gasteiger partial charge in [0.2, 0.25) is 11.8 Å². The first-order valence-corrected chi connectivity index (χ1v) is 11.6. The molecule has 2 N–H and O–H groups in total. The van der Waals surface area contributed by atoms with Gasteiger partial charge in [0, 0.05) is 31.3 Å². The predicted octanol–water partition coefficient (Wildman–Crippen LogP) is 1.64. The third-order valence-electron chi connectivity index (χ3n) is 4.80. The number of amides is 2. The van der Waals surface area contributed by atoms with E-state index in [1.54, 1.807) is 12.1 Å². The summed E-state index contributed by atoms with van der Waals surface area (Å²) in [5, 5.41) is 5.35. The van der Waals surface area contributed by atoms with Crippen LogP contribution < -0.4 is 15.4 Å². The fourth-order valence-corrected chi connectivity index (χ4v) is 4.83. The monoisotopic (exact) mass is 431 g/mol. The van der Waals surface area contributed by atoms with E-state index < -0.39 is 9.84 Å². The second-order valence-corrected chi connectivity index (χ2v) is 9.46. The van der Waals surface area contributed by atoms with Crippen LogP contribution in [-0.4, -0.2) is 49.3 Å². The number of pyridine rings is 1. The number of ether oxygens (including phenoxy) is 1. The number of sulfone groups is 1. The molecule has 30 heavy (non-hydrogen) atoms. The molecule has 8 nitrogen and oxygen atoms in total. The third kappa shape index (κ3) is 6.28. The zero-order chi connectivity index (χ0) is 21.6. The van der Waals surface area contributed by atoms with Crippen molar-refractivity contribution in [3.63, 3.8) is 0 Å². The molecule has 3 rings (SSSR count). The highest BCUT2D eigenvalue weighted by atomic mass is 32.2. The number of carbonyl (C=O) groups is 2. The van der Waals surface area contributed by atoms with Crippen LogP contribution in [-0.2, 0) is 14.6 Å². The Morgan fingerprint density at radius 3 is 2.60 bits per heavy atom. The Hall–Kier alpha value is -2.94. The van der Waals surface area contributed by atoms with Crippen LogP contribution in [0.1, 0.15) is 41.8 Å². The number of nitrogens with one attached hydrogen (secondary N) is 2. The van der Waals surface area contributed by atoms with Gasteiger partial charge in [-0.15, -0.1) is 0 Å². The number of carbonyl (C=O) groups excluding carboxylic acids is 2. The van der Waals surface area contributed by atoms with Crippen molar-refractivity contribution in [2.45, 2.75) is 31.9 Å². The fourth-order valence-electron chi connectivity index (χ4n) is 3.16. The van der Waals surface area contributed by atoms with Gasteiger partial charge in [0.15, 0.2) is 9.84 Å². The molecule has 0 radical (unpaired) electrons. The first-order valence-electron chi connectivity index (χ1n) is 9.78. The molecule has 1 fully saturated rings. The van der Waals surface area contributed by atoms with Gasteiger partial charge in [-0.25, -0.2) is 13.4 Å². The number of hydrogen-bond donors (Lipinski definition) is 2. The molecule has 0 bridgehead atoms. The number of nitrogens with zero attached hydrogens (tertiary/aromatic N) is 1. The lowest BCUT2D eigenvalue weighted by atomic mass is 10.1. The summed E-state index contributed by atoms with van der Waals surface area (Å²) in [6.07, 6.45) is 1.76. The molecule has 1 aromatic carbocycles. The normalized spacial score (nSPS) is 18.4. The minimum atomic E-state index is -3.04. The Labute approximate surface area is 176 Å². The molecule has 1 aliphatic rings. The summed E-state index contributed by atoms with van der Waals surface area (Å²) >= 11 is 0. The van der Waals surface area contributed by atoms with Gasteiger partial charge in [-0.2, -0.15) is 0 Å². The van der Waals surface area contributed by atoms with E-state index in [0.29, 0.717) is 17.9 Å². The molecular formula is C21H25N3O5S. The van der Waals surface area contributed by atoms with Crippen molar-refractivity contribution in [3.8, 4) is 5.88 Å². The number of aromatic nitrogens is 1. The van der Waals surface area contributed by atoms with Crippen LogP contribution in [0.25, 0.3) is 0 Å². The van der Waals surface area contributed by atoms with Gasteiger partial charge in [0.25, 0.3) is 5.91 Å². The van der Waals surface area contributed by atoms with E-state index in [4.69, 9.17) is 4.74 Å². The molecule has 0 spiro atoms. The molecule has 0 aliphatic carbocycles. The van der Waals surface area contributed by atoms with Gasteiger partial charge >= 0.3 is 0 Å².